The van der Waals surface area contributed by atoms with Crippen LogP contribution in [0.1, 0.15) is 17.3 Å². The molecule has 2 rings (SSSR count). The van der Waals surface area contributed by atoms with E-state index in [0.717, 1.165) is 38.4 Å². The van der Waals surface area contributed by atoms with Crippen molar-refractivity contribution in [2.24, 2.45) is 0 Å². The average molecular weight is 232 g/mol. The van der Waals surface area contributed by atoms with Crippen LogP contribution in [0.4, 0.5) is 5.69 Å². The monoisotopic (exact) mass is 232 g/mol. The lowest BCUT2D eigenvalue weighted by molar-refractivity contribution is 0.0992. The number of hydrogen-bond acceptors (Lipinski definition) is 3. The van der Waals surface area contributed by atoms with E-state index >= 15 is 0 Å². The maximum atomic E-state index is 10.9. The SMILES string of the molecule is CCN1CCN(c2ccc(C([NH])=O)cc2)CC1. The first-order valence-electron chi connectivity index (χ1n) is 6.04. The highest BCUT2D eigenvalue weighted by Gasteiger charge is 2.15. The Morgan fingerprint density at radius 1 is 1.18 bits per heavy atom. The molecule has 4 nitrogen and oxygen atoms in total. The fourth-order valence-corrected chi connectivity index (χ4v) is 2.15. The Balaban J connectivity index is 2.01. The smallest absolute Gasteiger partial charge is 0.269 e. The lowest BCUT2D eigenvalue weighted by atomic mass is 10.1. The van der Waals surface area contributed by atoms with Gasteiger partial charge in [-0.3, -0.25) is 10.5 Å². The highest BCUT2D eigenvalue weighted by atomic mass is 16.1. The molecule has 17 heavy (non-hydrogen) atoms. The van der Waals surface area contributed by atoms with Crippen molar-refractivity contribution in [1.29, 1.82) is 0 Å². The maximum Gasteiger partial charge on any atom is 0.269 e. The third-order valence-corrected chi connectivity index (χ3v) is 3.31. The van der Waals surface area contributed by atoms with Crippen molar-refractivity contribution < 1.29 is 4.79 Å². The Bertz CT molecular complexity index is 380. The van der Waals surface area contributed by atoms with Crippen molar-refractivity contribution in [1.82, 2.24) is 10.6 Å². The molecule has 0 saturated carbocycles. The van der Waals surface area contributed by atoms with Gasteiger partial charge >= 0.3 is 0 Å². The Morgan fingerprint density at radius 3 is 2.24 bits per heavy atom. The predicted octanol–water partition coefficient (Wildman–Crippen LogP) is 1.25. The quantitative estimate of drug-likeness (QED) is 0.788. The number of benzene rings is 1. The second-order valence-electron chi connectivity index (χ2n) is 4.30. The summed E-state index contributed by atoms with van der Waals surface area (Å²) < 4.78 is 0. The summed E-state index contributed by atoms with van der Waals surface area (Å²) in [6.45, 7) is 7.54. The first kappa shape index (κ1) is 11.9. The molecule has 1 aromatic rings. The van der Waals surface area contributed by atoms with Gasteiger partial charge in [0.05, 0.1) is 0 Å². The van der Waals surface area contributed by atoms with Crippen LogP contribution in [0.3, 0.4) is 0 Å². The van der Waals surface area contributed by atoms with Gasteiger partial charge in [-0.05, 0) is 30.8 Å². The molecule has 91 valence electrons. The van der Waals surface area contributed by atoms with E-state index in [9.17, 15) is 4.79 Å². The molecule has 1 heterocycles. The molecule has 4 heteroatoms. The zero-order valence-electron chi connectivity index (χ0n) is 10.1. The second-order valence-corrected chi connectivity index (χ2v) is 4.30. The fraction of sp³-hybridized carbons (Fsp3) is 0.462. The zero-order valence-corrected chi connectivity index (χ0v) is 10.1. The molecule has 0 spiro atoms. The summed E-state index contributed by atoms with van der Waals surface area (Å²) >= 11 is 0. The normalized spacial score (nSPS) is 17.1. The molecular formula is C13H18N3O. The predicted molar refractivity (Wildman–Crippen MR) is 68.2 cm³/mol. The molecule has 0 unspecified atom stereocenters. The minimum absolute atomic E-state index is 0.459. The molecule has 1 saturated heterocycles. The summed E-state index contributed by atoms with van der Waals surface area (Å²) in [5.41, 5.74) is 8.63. The summed E-state index contributed by atoms with van der Waals surface area (Å²) in [5.74, 6) is -0.618. The Kier molecular flexibility index (Phi) is 3.64. The van der Waals surface area contributed by atoms with Crippen LogP contribution in [0.5, 0.6) is 0 Å². The van der Waals surface area contributed by atoms with Crippen molar-refractivity contribution in [3.8, 4) is 0 Å². The van der Waals surface area contributed by atoms with Gasteiger partial charge in [0.1, 0.15) is 0 Å². The number of amides is 1. The van der Waals surface area contributed by atoms with Crippen LogP contribution < -0.4 is 10.6 Å². The lowest BCUT2D eigenvalue weighted by Crippen LogP contribution is -2.46. The molecule has 1 N–H and O–H groups in total. The molecule has 1 fully saturated rings. The molecule has 1 aliphatic rings. The number of anilines is 1. The zero-order chi connectivity index (χ0) is 12.3. The van der Waals surface area contributed by atoms with Crippen molar-refractivity contribution in [3.63, 3.8) is 0 Å². The largest absolute Gasteiger partial charge is 0.369 e. The van der Waals surface area contributed by atoms with Gasteiger partial charge in [0.2, 0.25) is 0 Å². The van der Waals surface area contributed by atoms with Crippen LogP contribution in [0, 0.1) is 0 Å². The Labute approximate surface area is 102 Å². The Morgan fingerprint density at radius 2 is 1.76 bits per heavy atom. The topological polar surface area (TPSA) is 47.4 Å². The number of carbonyl (C=O) groups excluding carboxylic acids is 1. The standard InChI is InChI=1S/C13H18N3O/c1-2-15-7-9-16(10-8-15)12-5-3-11(4-6-12)13(14)17/h3-6,14H,2,7-10H2,1H3. The fourth-order valence-electron chi connectivity index (χ4n) is 2.15. The van der Waals surface area contributed by atoms with Gasteiger partial charge in [0.25, 0.3) is 5.91 Å². The molecule has 1 radical (unpaired) electrons. The molecule has 0 aromatic heterocycles. The minimum Gasteiger partial charge on any atom is -0.369 e. The van der Waals surface area contributed by atoms with E-state index in [1.165, 1.54) is 0 Å². The van der Waals surface area contributed by atoms with E-state index < -0.39 is 5.91 Å². The van der Waals surface area contributed by atoms with Crippen molar-refractivity contribution in [3.05, 3.63) is 29.8 Å². The molecule has 1 aromatic carbocycles. The van der Waals surface area contributed by atoms with Crippen LogP contribution in [0.15, 0.2) is 24.3 Å². The van der Waals surface area contributed by atoms with E-state index in [4.69, 9.17) is 5.73 Å². The van der Waals surface area contributed by atoms with E-state index in [0.29, 0.717) is 5.56 Å². The Hall–Kier alpha value is -1.55. The number of nitrogens with zero attached hydrogens (tertiary/aromatic N) is 2. The number of carbonyl (C=O) groups is 1. The molecule has 0 bridgehead atoms. The van der Waals surface area contributed by atoms with Gasteiger partial charge in [-0.2, -0.15) is 0 Å². The van der Waals surface area contributed by atoms with Crippen LogP contribution >= 0.6 is 0 Å². The average Bonchev–Trinajstić information content (AvgIpc) is 2.39. The summed E-state index contributed by atoms with van der Waals surface area (Å²) in [7, 11) is 0. The molecule has 1 aliphatic heterocycles. The van der Waals surface area contributed by atoms with Gasteiger partial charge in [-0.15, -0.1) is 0 Å². The molecule has 1 amide bonds. The third kappa shape index (κ3) is 2.77. The lowest BCUT2D eigenvalue weighted by Gasteiger charge is -2.35. The third-order valence-electron chi connectivity index (χ3n) is 3.31. The van der Waals surface area contributed by atoms with Gasteiger partial charge in [-0.25, -0.2) is 0 Å². The van der Waals surface area contributed by atoms with E-state index in [-0.39, 0.29) is 0 Å². The van der Waals surface area contributed by atoms with E-state index in [2.05, 4.69) is 16.7 Å². The molecule has 0 atom stereocenters. The highest BCUT2D eigenvalue weighted by Crippen LogP contribution is 2.17. The van der Waals surface area contributed by atoms with Crippen molar-refractivity contribution in [2.75, 3.05) is 37.6 Å². The van der Waals surface area contributed by atoms with Gasteiger partial charge < -0.3 is 9.80 Å². The summed E-state index contributed by atoms with van der Waals surface area (Å²) in [6.07, 6.45) is 0. The van der Waals surface area contributed by atoms with Crippen LogP contribution in [-0.2, 0) is 0 Å². The summed E-state index contributed by atoms with van der Waals surface area (Å²) in [6, 6.07) is 7.33. The summed E-state index contributed by atoms with van der Waals surface area (Å²) in [4.78, 5) is 15.6. The van der Waals surface area contributed by atoms with Crippen LogP contribution in [0.25, 0.3) is 0 Å². The number of likely N-dealkylation sites (N-methyl/N-ethyl adjacent to an activating group) is 1. The van der Waals surface area contributed by atoms with Crippen LogP contribution in [0.2, 0.25) is 0 Å². The van der Waals surface area contributed by atoms with Gasteiger partial charge in [-0.1, -0.05) is 6.92 Å². The number of rotatable bonds is 3. The van der Waals surface area contributed by atoms with E-state index in [1.54, 1.807) is 12.1 Å². The first-order valence-corrected chi connectivity index (χ1v) is 6.04. The first-order chi connectivity index (χ1) is 8.20. The van der Waals surface area contributed by atoms with Crippen molar-refractivity contribution >= 4 is 11.6 Å². The number of nitrogens with one attached hydrogen (secondary N) is 1. The van der Waals surface area contributed by atoms with Gasteiger partial charge in [0, 0.05) is 37.4 Å². The van der Waals surface area contributed by atoms with Crippen LogP contribution in [-0.4, -0.2) is 43.5 Å². The van der Waals surface area contributed by atoms with E-state index in [1.807, 2.05) is 12.1 Å². The maximum absolute atomic E-state index is 10.9. The highest BCUT2D eigenvalue weighted by molar-refractivity contribution is 5.92. The molecular weight excluding hydrogens is 214 g/mol. The number of hydrogen-bond donors (Lipinski definition) is 0. The second kappa shape index (κ2) is 5.19. The summed E-state index contributed by atoms with van der Waals surface area (Å²) in [5, 5.41) is 0. The number of piperazine rings is 1. The molecule has 0 aliphatic carbocycles. The minimum atomic E-state index is -0.618. The van der Waals surface area contributed by atoms with Gasteiger partial charge in [0.15, 0.2) is 0 Å². The van der Waals surface area contributed by atoms with Crippen molar-refractivity contribution in [2.45, 2.75) is 6.92 Å².